The third kappa shape index (κ3) is 5.05. The first-order chi connectivity index (χ1) is 14.0. The number of nitrogens with one attached hydrogen (secondary N) is 1. The number of halogens is 4. The van der Waals surface area contributed by atoms with E-state index in [1.54, 1.807) is 18.2 Å². The number of amides is 1. The number of nitrogens with zero attached hydrogens (tertiary/aromatic N) is 2. The maximum Gasteiger partial charge on any atom is 0.232 e. The second-order valence-electron chi connectivity index (χ2n) is 7.70. The van der Waals surface area contributed by atoms with Crippen LogP contribution in [0.3, 0.4) is 0 Å². The minimum absolute atomic E-state index is 0. The molecule has 1 atom stereocenters. The molecule has 2 heterocycles. The number of carbonyl (C=O) groups is 1. The Morgan fingerprint density at radius 3 is 2.53 bits per heavy atom. The largest absolute Gasteiger partial charge is 0.369 e. The van der Waals surface area contributed by atoms with Crippen LogP contribution in [0.25, 0.3) is 0 Å². The van der Waals surface area contributed by atoms with E-state index in [2.05, 4.69) is 15.1 Å². The maximum absolute atomic E-state index is 13.5. The Balaban J connectivity index is 0.00000256. The average Bonchev–Trinajstić information content (AvgIpc) is 3.02. The number of carbonyl (C=O) groups excluding carboxylic acids is 1. The van der Waals surface area contributed by atoms with Crippen LogP contribution in [-0.2, 0) is 4.79 Å². The summed E-state index contributed by atoms with van der Waals surface area (Å²) >= 11 is 5.89. The first-order valence-electron chi connectivity index (χ1n) is 10.0. The van der Waals surface area contributed by atoms with E-state index >= 15 is 0 Å². The molecule has 0 radical (unpaired) electrons. The van der Waals surface area contributed by atoms with Crippen LogP contribution in [-0.4, -0.2) is 43.5 Å². The van der Waals surface area contributed by atoms with Gasteiger partial charge in [-0.25, -0.2) is 8.78 Å². The Labute approximate surface area is 186 Å². The standard InChI is InChI=1S/C22H24ClF2N3O.ClH/c23-19-14-16(5-6-20(19)25)28-11-9-27(10-12-28)8-2-1-3-17-18-13-15(24)4-7-21(18)26-22(17)29;/h4-7,13-14,17H,1-3,8-12H2,(H,26,29);1H. The molecule has 0 saturated carbocycles. The lowest BCUT2D eigenvalue weighted by Gasteiger charge is -2.36. The fourth-order valence-electron chi connectivity index (χ4n) is 4.18. The van der Waals surface area contributed by atoms with E-state index in [0.29, 0.717) is 0 Å². The van der Waals surface area contributed by atoms with Gasteiger partial charge in [-0.05, 0) is 61.3 Å². The molecule has 2 aliphatic heterocycles. The lowest BCUT2D eigenvalue weighted by molar-refractivity contribution is -0.117. The summed E-state index contributed by atoms with van der Waals surface area (Å²) in [6.07, 6.45) is 2.65. The lowest BCUT2D eigenvalue weighted by Crippen LogP contribution is -2.46. The molecule has 0 aliphatic carbocycles. The molecule has 0 bridgehead atoms. The van der Waals surface area contributed by atoms with E-state index < -0.39 is 5.82 Å². The molecular weight excluding hydrogens is 431 g/mol. The summed E-state index contributed by atoms with van der Waals surface area (Å²) < 4.78 is 26.9. The molecule has 2 aromatic carbocycles. The van der Waals surface area contributed by atoms with Crippen molar-refractivity contribution < 1.29 is 13.6 Å². The zero-order chi connectivity index (χ0) is 20.4. The number of benzene rings is 2. The summed E-state index contributed by atoms with van der Waals surface area (Å²) in [5.41, 5.74) is 2.47. The number of anilines is 2. The van der Waals surface area contributed by atoms with Gasteiger partial charge in [0, 0.05) is 37.6 Å². The van der Waals surface area contributed by atoms with Gasteiger partial charge in [0.25, 0.3) is 0 Å². The zero-order valence-electron chi connectivity index (χ0n) is 16.5. The van der Waals surface area contributed by atoms with Gasteiger partial charge in [0.05, 0.1) is 10.9 Å². The van der Waals surface area contributed by atoms with E-state index in [9.17, 15) is 13.6 Å². The number of unbranched alkanes of at least 4 members (excludes halogenated alkanes) is 1. The monoisotopic (exact) mass is 455 g/mol. The van der Waals surface area contributed by atoms with Gasteiger partial charge in [-0.15, -0.1) is 12.4 Å². The summed E-state index contributed by atoms with van der Waals surface area (Å²) in [4.78, 5) is 16.8. The summed E-state index contributed by atoms with van der Waals surface area (Å²) in [7, 11) is 0. The quantitative estimate of drug-likeness (QED) is 0.617. The molecule has 2 aliphatic rings. The molecular formula is C22H25Cl2F2N3O. The number of rotatable bonds is 6. The third-order valence-electron chi connectivity index (χ3n) is 5.82. The SMILES string of the molecule is Cl.O=C1Nc2ccc(F)cc2C1CCCCN1CCN(c2ccc(F)c(Cl)c2)CC1. The Hall–Kier alpha value is -1.89. The predicted molar refractivity (Wildman–Crippen MR) is 119 cm³/mol. The van der Waals surface area contributed by atoms with Crippen molar-refractivity contribution in [3.8, 4) is 0 Å². The molecule has 4 nitrogen and oxygen atoms in total. The van der Waals surface area contributed by atoms with Gasteiger partial charge >= 0.3 is 0 Å². The first kappa shape index (κ1) is 22.8. The predicted octanol–water partition coefficient (Wildman–Crippen LogP) is 5.07. The molecule has 2 aromatic rings. The van der Waals surface area contributed by atoms with Crippen molar-refractivity contribution in [3.63, 3.8) is 0 Å². The van der Waals surface area contributed by atoms with Crippen molar-refractivity contribution in [2.75, 3.05) is 42.9 Å². The van der Waals surface area contributed by atoms with Crippen molar-refractivity contribution >= 4 is 41.3 Å². The Morgan fingerprint density at radius 2 is 1.80 bits per heavy atom. The van der Waals surface area contributed by atoms with E-state index in [0.717, 1.165) is 68.9 Å². The van der Waals surface area contributed by atoms with Gasteiger partial charge in [-0.2, -0.15) is 0 Å². The van der Waals surface area contributed by atoms with Crippen LogP contribution in [0.5, 0.6) is 0 Å². The molecule has 1 unspecified atom stereocenters. The van der Waals surface area contributed by atoms with Crippen molar-refractivity contribution in [2.45, 2.75) is 25.2 Å². The molecule has 1 N–H and O–H groups in total. The minimum atomic E-state index is -0.393. The van der Waals surface area contributed by atoms with Crippen molar-refractivity contribution in [1.82, 2.24) is 4.90 Å². The maximum atomic E-state index is 13.5. The highest BCUT2D eigenvalue weighted by Gasteiger charge is 2.30. The average molecular weight is 456 g/mol. The van der Waals surface area contributed by atoms with Crippen LogP contribution in [0.15, 0.2) is 36.4 Å². The van der Waals surface area contributed by atoms with Crippen molar-refractivity contribution in [2.24, 2.45) is 0 Å². The van der Waals surface area contributed by atoms with Gasteiger partial charge in [0.1, 0.15) is 11.6 Å². The minimum Gasteiger partial charge on any atom is -0.369 e. The van der Waals surface area contributed by atoms with E-state index in [4.69, 9.17) is 11.6 Å². The third-order valence-corrected chi connectivity index (χ3v) is 6.11. The number of hydrogen-bond donors (Lipinski definition) is 1. The van der Waals surface area contributed by atoms with E-state index in [-0.39, 0.29) is 35.1 Å². The van der Waals surface area contributed by atoms with Crippen molar-refractivity contribution in [1.29, 1.82) is 0 Å². The van der Waals surface area contributed by atoms with Gasteiger partial charge in [-0.3, -0.25) is 9.69 Å². The lowest BCUT2D eigenvalue weighted by atomic mass is 9.95. The van der Waals surface area contributed by atoms with E-state index in [1.165, 1.54) is 18.2 Å². The molecule has 30 heavy (non-hydrogen) atoms. The Kier molecular flexibility index (Phi) is 7.55. The smallest absolute Gasteiger partial charge is 0.232 e. The number of hydrogen-bond acceptors (Lipinski definition) is 3. The normalized spacial score (nSPS) is 18.7. The van der Waals surface area contributed by atoms with E-state index in [1.807, 2.05) is 0 Å². The first-order valence-corrected chi connectivity index (χ1v) is 10.4. The van der Waals surface area contributed by atoms with Gasteiger partial charge in [0.15, 0.2) is 0 Å². The molecule has 1 amide bonds. The van der Waals surface area contributed by atoms with Gasteiger partial charge in [-0.1, -0.05) is 18.0 Å². The van der Waals surface area contributed by atoms with Crippen molar-refractivity contribution in [3.05, 3.63) is 58.6 Å². The summed E-state index contributed by atoms with van der Waals surface area (Å²) in [6.45, 7) is 4.60. The van der Waals surface area contributed by atoms with Crippen LogP contribution in [0.2, 0.25) is 5.02 Å². The summed E-state index contributed by atoms with van der Waals surface area (Å²) in [5, 5.41) is 2.99. The molecule has 0 spiro atoms. The fraction of sp³-hybridized carbons (Fsp3) is 0.409. The second kappa shape index (κ2) is 9.94. The number of piperazine rings is 1. The van der Waals surface area contributed by atoms with Crippen LogP contribution < -0.4 is 10.2 Å². The van der Waals surface area contributed by atoms with Crippen LogP contribution in [0.4, 0.5) is 20.2 Å². The topological polar surface area (TPSA) is 35.6 Å². The highest BCUT2D eigenvalue weighted by atomic mass is 35.5. The zero-order valence-corrected chi connectivity index (χ0v) is 18.1. The van der Waals surface area contributed by atoms with Crippen LogP contribution in [0.1, 0.15) is 30.7 Å². The molecule has 0 aromatic heterocycles. The fourth-order valence-corrected chi connectivity index (χ4v) is 4.35. The second-order valence-corrected chi connectivity index (χ2v) is 8.10. The highest BCUT2D eigenvalue weighted by Crippen LogP contribution is 2.36. The van der Waals surface area contributed by atoms with Crippen LogP contribution in [0, 0.1) is 11.6 Å². The molecule has 162 valence electrons. The molecule has 8 heteroatoms. The number of fused-ring (bicyclic) bond motifs is 1. The van der Waals surface area contributed by atoms with Gasteiger partial charge in [0.2, 0.25) is 5.91 Å². The van der Waals surface area contributed by atoms with Crippen LogP contribution >= 0.6 is 24.0 Å². The molecule has 1 saturated heterocycles. The Bertz CT molecular complexity index is 904. The highest BCUT2D eigenvalue weighted by molar-refractivity contribution is 6.31. The summed E-state index contributed by atoms with van der Waals surface area (Å²) in [5.74, 6) is -0.973. The van der Waals surface area contributed by atoms with Gasteiger partial charge < -0.3 is 10.2 Å². The molecule has 4 rings (SSSR count). The summed E-state index contributed by atoms with van der Waals surface area (Å²) in [6, 6.07) is 9.34. The Morgan fingerprint density at radius 1 is 1.03 bits per heavy atom. The molecule has 1 fully saturated rings.